The molecule has 4 heteroatoms. The van der Waals surface area contributed by atoms with Crippen LogP contribution in [-0.2, 0) is 6.42 Å². The van der Waals surface area contributed by atoms with Gasteiger partial charge in [-0.1, -0.05) is 12.1 Å². The van der Waals surface area contributed by atoms with Gasteiger partial charge in [0.15, 0.2) is 0 Å². The van der Waals surface area contributed by atoms with Gasteiger partial charge in [-0.2, -0.15) is 0 Å². The first-order valence-electron chi connectivity index (χ1n) is 5.11. The van der Waals surface area contributed by atoms with Gasteiger partial charge in [0, 0.05) is 23.7 Å². The fourth-order valence-electron chi connectivity index (χ4n) is 2.22. The minimum absolute atomic E-state index is 0.216. The van der Waals surface area contributed by atoms with Crippen molar-refractivity contribution in [3.63, 3.8) is 0 Å². The molecular formula is C11H14N2O2. The van der Waals surface area contributed by atoms with E-state index in [9.17, 15) is 10.1 Å². The third kappa shape index (κ3) is 1.61. The van der Waals surface area contributed by atoms with Crippen molar-refractivity contribution in [2.75, 3.05) is 6.54 Å². The molecule has 1 heterocycles. The zero-order valence-electron chi connectivity index (χ0n) is 8.91. The monoisotopic (exact) mass is 206 g/mol. The molecule has 0 spiro atoms. The van der Waals surface area contributed by atoms with Gasteiger partial charge in [-0.05, 0) is 25.8 Å². The van der Waals surface area contributed by atoms with Crippen LogP contribution in [0.5, 0.6) is 0 Å². The Kier molecular flexibility index (Phi) is 2.44. The molecule has 0 aliphatic carbocycles. The lowest BCUT2D eigenvalue weighted by Crippen LogP contribution is -2.28. The van der Waals surface area contributed by atoms with Crippen molar-refractivity contribution in [2.24, 2.45) is 0 Å². The van der Waals surface area contributed by atoms with Crippen molar-refractivity contribution >= 4 is 5.69 Å². The van der Waals surface area contributed by atoms with Crippen molar-refractivity contribution in [3.05, 3.63) is 38.9 Å². The van der Waals surface area contributed by atoms with E-state index in [1.165, 1.54) is 0 Å². The summed E-state index contributed by atoms with van der Waals surface area (Å²) in [5, 5.41) is 14.3. The second-order valence-corrected chi connectivity index (χ2v) is 3.98. The topological polar surface area (TPSA) is 55.2 Å². The third-order valence-corrected chi connectivity index (χ3v) is 3.00. The molecule has 1 unspecified atom stereocenters. The highest BCUT2D eigenvalue weighted by molar-refractivity contribution is 5.53. The highest BCUT2D eigenvalue weighted by Gasteiger charge is 2.25. The normalized spacial score (nSPS) is 19.7. The first kappa shape index (κ1) is 10.1. The molecular weight excluding hydrogens is 192 g/mol. The number of nitrogens with one attached hydrogen (secondary N) is 1. The first-order chi connectivity index (χ1) is 7.11. The van der Waals surface area contributed by atoms with Crippen LogP contribution in [0.3, 0.4) is 0 Å². The summed E-state index contributed by atoms with van der Waals surface area (Å²) in [4.78, 5) is 10.7. The molecule has 1 N–H and O–H groups in total. The molecule has 0 aromatic heterocycles. The minimum Gasteiger partial charge on any atom is -0.310 e. The molecule has 2 rings (SSSR count). The average molecular weight is 206 g/mol. The van der Waals surface area contributed by atoms with Gasteiger partial charge in [-0.25, -0.2) is 0 Å². The van der Waals surface area contributed by atoms with Crippen molar-refractivity contribution in [2.45, 2.75) is 26.3 Å². The molecule has 1 atom stereocenters. The fraction of sp³-hybridized carbons (Fsp3) is 0.455. The number of rotatable bonds is 1. The van der Waals surface area contributed by atoms with Crippen molar-refractivity contribution in [3.8, 4) is 0 Å². The standard InChI is InChI=1S/C11H14N2O2/c1-7-3-4-9-8(2)12-6-5-10(9)11(7)13(14)15/h3-4,8,12H,5-6H2,1-2H3. The Morgan fingerprint density at radius 2 is 2.27 bits per heavy atom. The lowest BCUT2D eigenvalue weighted by Gasteiger charge is -2.23. The molecule has 4 nitrogen and oxygen atoms in total. The maximum Gasteiger partial charge on any atom is 0.275 e. The Bertz CT molecular complexity index is 415. The van der Waals surface area contributed by atoms with Crippen molar-refractivity contribution in [1.82, 2.24) is 5.32 Å². The Morgan fingerprint density at radius 1 is 1.53 bits per heavy atom. The summed E-state index contributed by atoms with van der Waals surface area (Å²) in [5.41, 5.74) is 3.04. The Hall–Kier alpha value is -1.42. The Labute approximate surface area is 88.5 Å². The van der Waals surface area contributed by atoms with Gasteiger partial charge in [0.05, 0.1) is 4.92 Å². The second kappa shape index (κ2) is 3.62. The summed E-state index contributed by atoms with van der Waals surface area (Å²) in [5.74, 6) is 0. The van der Waals surface area contributed by atoms with E-state index in [1.807, 2.05) is 19.1 Å². The number of hydrogen-bond donors (Lipinski definition) is 1. The second-order valence-electron chi connectivity index (χ2n) is 3.98. The zero-order chi connectivity index (χ0) is 11.0. The number of nitro groups is 1. The quantitative estimate of drug-likeness (QED) is 0.565. The van der Waals surface area contributed by atoms with E-state index in [4.69, 9.17) is 0 Å². The number of aryl methyl sites for hydroxylation is 1. The predicted octanol–water partition coefficient (Wildman–Crippen LogP) is 2.11. The van der Waals surface area contributed by atoms with Crippen molar-refractivity contribution in [1.29, 1.82) is 0 Å². The van der Waals surface area contributed by atoms with Crippen LogP contribution in [0.4, 0.5) is 5.69 Å². The molecule has 0 radical (unpaired) electrons. The smallest absolute Gasteiger partial charge is 0.275 e. The van der Waals surface area contributed by atoms with Gasteiger partial charge >= 0.3 is 0 Å². The van der Waals surface area contributed by atoms with Crippen LogP contribution < -0.4 is 5.32 Å². The van der Waals surface area contributed by atoms with Crippen LogP contribution in [0.15, 0.2) is 12.1 Å². The molecule has 15 heavy (non-hydrogen) atoms. The molecule has 0 amide bonds. The van der Waals surface area contributed by atoms with Gasteiger partial charge in [0.2, 0.25) is 0 Å². The van der Waals surface area contributed by atoms with E-state index in [0.717, 1.165) is 29.7 Å². The highest BCUT2D eigenvalue weighted by atomic mass is 16.6. The van der Waals surface area contributed by atoms with Gasteiger partial charge in [0.1, 0.15) is 0 Å². The SMILES string of the molecule is Cc1ccc2c(c1[N+](=O)[O-])CCNC2C. The Balaban J connectivity index is 2.63. The summed E-state index contributed by atoms with van der Waals surface area (Å²) in [6, 6.07) is 4.04. The summed E-state index contributed by atoms with van der Waals surface area (Å²) >= 11 is 0. The summed E-state index contributed by atoms with van der Waals surface area (Å²) in [6.07, 6.45) is 0.748. The average Bonchev–Trinajstić information content (AvgIpc) is 2.17. The molecule has 1 aromatic carbocycles. The predicted molar refractivity (Wildman–Crippen MR) is 58.0 cm³/mol. The van der Waals surface area contributed by atoms with Gasteiger partial charge in [0.25, 0.3) is 5.69 Å². The zero-order valence-corrected chi connectivity index (χ0v) is 8.91. The molecule has 0 saturated heterocycles. The molecule has 0 saturated carbocycles. The largest absolute Gasteiger partial charge is 0.310 e. The number of fused-ring (bicyclic) bond motifs is 1. The first-order valence-corrected chi connectivity index (χ1v) is 5.11. The van der Waals surface area contributed by atoms with Gasteiger partial charge < -0.3 is 5.32 Å². The molecule has 0 fully saturated rings. The summed E-state index contributed by atoms with van der Waals surface area (Å²) in [6.45, 7) is 4.65. The van der Waals surface area contributed by atoms with Crippen LogP contribution in [0.1, 0.15) is 29.7 Å². The molecule has 80 valence electrons. The number of hydrogen-bond acceptors (Lipinski definition) is 3. The Morgan fingerprint density at radius 3 is 2.93 bits per heavy atom. The van der Waals surface area contributed by atoms with E-state index < -0.39 is 0 Å². The summed E-state index contributed by atoms with van der Waals surface area (Å²) in [7, 11) is 0. The molecule has 1 aliphatic rings. The van der Waals surface area contributed by atoms with E-state index in [2.05, 4.69) is 5.32 Å². The van der Waals surface area contributed by atoms with E-state index in [-0.39, 0.29) is 11.0 Å². The highest BCUT2D eigenvalue weighted by Crippen LogP contribution is 2.32. The van der Waals surface area contributed by atoms with E-state index >= 15 is 0 Å². The van der Waals surface area contributed by atoms with Gasteiger partial charge in [-0.3, -0.25) is 10.1 Å². The van der Waals surface area contributed by atoms with Crippen LogP contribution in [0.25, 0.3) is 0 Å². The van der Waals surface area contributed by atoms with E-state index in [0.29, 0.717) is 5.69 Å². The van der Waals surface area contributed by atoms with Crippen molar-refractivity contribution < 1.29 is 4.92 Å². The van der Waals surface area contributed by atoms with Crippen LogP contribution >= 0.6 is 0 Å². The summed E-state index contributed by atoms with van der Waals surface area (Å²) < 4.78 is 0. The lowest BCUT2D eigenvalue weighted by molar-refractivity contribution is -0.386. The van der Waals surface area contributed by atoms with E-state index in [1.54, 1.807) is 6.92 Å². The third-order valence-electron chi connectivity index (χ3n) is 3.00. The van der Waals surface area contributed by atoms with Gasteiger partial charge in [-0.15, -0.1) is 0 Å². The van der Waals surface area contributed by atoms with Crippen LogP contribution in [0.2, 0.25) is 0 Å². The van der Waals surface area contributed by atoms with Crippen LogP contribution in [-0.4, -0.2) is 11.5 Å². The fourth-order valence-corrected chi connectivity index (χ4v) is 2.22. The number of benzene rings is 1. The molecule has 1 aliphatic heterocycles. The van der Waals surface area contributed by atoms with Crippen LogP contribution in [0, 0.1) is 17.0 Å². The maximum atomic E-state index is 11.0. The molecule has 0 bridgehead atoms. The lowest BCUT2D eigenvalue weighted by atomic mass is 9.92. The number of nitro benzene ring substituents is 1. The number of nitrogens with zero attached hydrogens (tertiary/aromatic N) is 1. The minimum atomic E-state index is -0.258. The maximum absolute atomic E-state index is 11.0. The molecule has 1 aromatic rings.